The highest BCUT2D eigenvalue weighted by Gasteiger charge is 2.42. The summed E-state index contributed by atoms with van der Waals surface area (Å²) in [7, 11) is 1.53. The van der Waals surface area contributed by atoms with Gasteiger partial charge in [-0.2, -0.15) is 4.68 Å². The number of tetrazole rings is 1. The summed E-state index contributed by atoms with van der Waals surface area (Å²) >= 11 is 0. The molecule has 5 rings (SSSR count). The summed E-state index contributed by atoms with van der Waals surface area (Å²) in [6, 6.07) is 12.4. The number of nitrogens with one attached hydrogen (secondary N) is 2. The molecule has 2 heterocycles. The Hall–Kier alpha value is -4.21. The van der Waals surface area contributed by atoms with Crippen molar-refractivity contribution < 1.29 is 19.1 Å². The zero-order chi connectivity index (χ0) is 25.4. The van der Waals surface area contributed by atoms with Crippen molar-refractivity contribution >= 4 is 23.3 Å². The molecule has 0 bridgehead atoms. The molecule has 1 atom stereocenters. The lowest BCUT2D eigenvalue weighted by molar-refractivity contribution is -0.119. The maximum atomic E-state index is 13.2. The normalized spacial score (nSPS) is 18.1. The number of nitrogens with zero attached hydrogens (tertiary/aromatic N) is 4. The molecule has 1 aliphatic heterocycles. The number of aromatic nitrogens is 4. The van der Waals surface area contributed by atoms with Gasteiger partial charge >= 0.3 is 0 Å². The number of ketones is 1. The van der Waals surface area contributed by atoms with Gasteiger partial charge in [0, 0.05) is 23.4 Å². The van der Waals surface area contributed by atoms with Gasteiger partial charge < -0.3 is 20.1 Å². The SMILES string of the molecule is COc1cc([C@@H]2C3=C(CC(C)(C)CC3=O)Nc3nnnn32)ccc1OCC(=O)Nc1ccc(C)cc1. The molecule has 186 valence electrons. The Kier molecular flexibility index (Phi) is 5.95. The van der Waals surface area contributed by atoms with Crippen LogP contribution in [0.4, 0.5) is 11.6 Å². The lowest BCUT2D eigenvalue weighted by Gasteiger charge is -2.37. The van der Waals surface area contributed by atoms with Gasteiger partial charge in [0.15, 0.2) is 23.9 Å². The molecule has 0 radical (unpaired) electrons. The second kappa shape index (κ2) is 9.10. The number of rotatable bonds is 6. The van der Waals surface area contributed by atoms with Crippen molar-refractivity contribution in [3.8, 4) is 11.5 Å². The van der Waals surface area contributed by atoms with Gasteiger partial charge in [-0.25, -0.2) is 0 Å². The third-order valence-electron chi connectivity index (χ3n) is 6.39. The van der Waals surface area contributed by atoms with E-state index in [1.54, 1.807) is 16.8 Å². The van der Waals surface area contributed by atoms with Crippen LogP contribution < -0.4 is 20.1 Å². The summed E-state index contributed by atoms with van der Waals surface area (Å²) < 4.78 is 12.9. The maximum absolute atomic E-state index is 13.2. The van der Waals surface area contributed by atoms with Crippen LogP contribution in [-0.2, 0) is 9.59 Å². The van der Waals surface area contributed by atoms with Crippen LogP contribution in [-0.4, -0.2) is 45.6 Å². The molecule has 1 amide bonds. The molecule has 2 N–H and O–H groups in total. The van der Waals surface area contributed by atoms with E-state index in [2.05, 4.69) is 40.0 Å². The molecule has 10 heteroatoms. The van der Waals surface area contributed by atoms with E-state index >= 15 is 0 Å². The summed E-state index contributed by atoms with van der Waals surface area (Å²) in [5, 5.41) is 18.1. The molecule has 0 saturated heterocycles. The van der Waals surface area contributed by atoms with E-state index in [1.807, 2.05) is 37.3 Å². The molecule has 2 aliphatic rings. The molecule has 0 saturated carbocycles. The highest BCUT2D eigenvalue weighted by molar-refractivity contribution is 6.00. The number of allylic oxidation sites excluding steroid dienone is 2. The Morgan fingerprint density at radius 3 is 2.69 bits per heavy atom. The fourth-order valence-electron chi connectivity index (χ4n) is 4.73. The number of fused-ring (bicyclic) bond motifs is 1. The average molecular weight is 489 g/mol. The number of benzene rings is 2. The molecule has 0 fully saturated rings. The first-order chi connectivity index (χ1) is 17.2. The quantitative estimate of drug-likeness (QED) is 0.539. The summed E-state index contributed by atoms with van der Waals surface area (Å²) in [5.41, 5.74) is 3.93. The van der Waals surface area contributed by atoms with E-state index in [-0.39, 0.29) is 23.7 Å². The van der Waals surface area contributed by atoms with Gasteiger partial charge in [-0.3, -0.25) is 9.59 Å². The number of anilines is 2. The monoisotopic (exact) mass is 488 g/mol. The summed E-state index contributed by atoms with van der Waals surface area (Å²) in [4.78, 5) is 25.6. The van der Waals surface area contributed by atoms with Gasteiger partial charge in [0.25, 0.3) is 5.91 Å². The number of aryl methyl sites for hydroxylation is 1. The van der Waals surface area contributed by atoms with E-state index in [1.165, 1.54) is 7.11 Å². The van der Waals surface area contributed by atoms with Gasteiger partial charge in [-0.15, -0.1) is 0 Å². The summed E-state index contributed by atoms with van der Waals surface area (Å²) in [5.74, 6) is 1.11. The van der Waals surface area contributed by atoms with Crippen molar-refractivity contribution in [2.75, 3.05) is 24.4 Å². The maximum Gasteiger partial charge on any atom is 0.262 e. The Bertz CT molecular complexity index is 1360. The Balaban J connectivity index is 1.39. The number of hydrogen-bond acceptors (Lipinski definition) is 8. The van der Waals surface area contributed by atoms with Crippen molar-refractivity contribution in [2.24, 2.45) is 5.41 Å². The zero-order valence-corrected chi connectivity index (χ0v) is 20.7. The lowest BCUT2D eigenvalue weighted by Crippen LogP contribution is -2.36. The Labute approximate surface area is 208 Å². The van der Waals surface area contributed by atoms with Gasteiger partial charge in [0.05, 0.1) is 7.11 Å². The standard InChI is InChI=1S/C26H28N6O4/c1-15-5-8-17(9-6-15)27-22(34)14-36-20-10-7-16(11-21(20)35-4)24-23-18(12-26(2,3)13-19(23)33)28-25-29-30-31-32(24)25/h5-11,24H,12-14H2,1-4H3,(H,27,34)(H,28,29,31)/t24-/m1/s1. The number of carbonyl (C=O) groups excluding carboxylic acids is 2. The first kappa shape index (κ1) is 23.5. The molecule has 0 spiro atoms. The van der Waals surface area contributed by atoms with Gasteiger partial charge in [-0.05, 0) is 59.0 Å². The lowest BCUT2D eigenvalue weighted by atomic mass is 9.73. The first-order valence-electron chi connectivity index (χ1n) is 11.7. The molecule has 10 nitrogen and oxygen atoms in total. The van der Waals surface area contributed by atoms with Crippen LogP contribution in [0, 0.1) is 12.3 Å². The minimum atomic E-state index is -0.498. The van der Waals surface area contributed by atoms with E-state index in [4.69, 9.17) is 9.47 Å². The largest absolute Gasteiger partial charge is 0.493 e. The highest BCUT2D eigenvalue weighted by Crippen LogP contribution is 2.46. The van der Waals surface area contributed by atoms with Crippen LogP contribution in [0.25, 0.3) is 0 Å². The van der Waals surface area contributed by atoms with Crippen molar-refractivity contribution in [1.82, 2.24) is 20.2 Å². The molecular weight excluding hydrogens is 460 g/mol. The Morgan fingerprint density at radius 2 is 1.94 bits per heavy atom. The van der Waals surface area contributed by atoms with Crippen LogP contribution >= 0.6 is 0 Å². The van der Waals surface area contributed by atoms with Crippen molar-refractivity contribution in [2.45, 2.75) is 39.7 Å². The van der Waals surface area contributed by atoms with E-state index in [9.17, 15) is 9.59 Å². The van der Waals surface area contributed by atoms with Gasteiger partial charge in [0.1, 0.15) is 6.04 Å². The predicted octanol–water partition coefficient (Wildman–Crippen LogP) is 3.67. The van der Waals surface area contributed by atoms with Crippen LogP contribution in [0.3, 0.4) is 0 Å². The van der Waals surface area contributed by atoms with Crippen LogP contribution in [0.2, 0.25) is 0 Å². The third kappa shape index (κ3) is 4.53. The van der Waals surface area contributed by atoms with E-state index < -0.39 is 6.04 Å². The molecule has 1 aromatic heterocycles. The first-order valence-corrected chi connectivity index (χ1v) is 11.7. The molecule has 3 aromatic rings. The fraction of sp³-hybridized carbons (Fsp3) is 0.346. The van der Waals surface area contributed by atoms with Crippen LogP contribution in [0.15, 0.2) is 53.7 Å². The minimum Gasteiger partial charge on any atom is -0.493 e. The van der Waals surface area contributed by atoms with Crippen molar-refractivity contribution in [3.05, 3.63) is 64.9 Å². The predicted molar refractivity (Wildman–Crippen MR) is 133 cm³/mol. The number of amides is 1. The van der Waals surface area contributed by atoms with Crippen LogP contribution in [0.5, 0.6) is 11.5 Å². The summed E-state index contributed by atoms with van der Waals surface area (Å²) in [6.07, 6.45) is 1.15. The second-order valence-electron chi connectivity index (χ2n) is 9.92. The van der Waals surface area contributed by atoms with E-state index in [0.717, 1.165) is 16.8 Å². The van der Waals surface area contributed by atoms with E-state index in [0.29, 0.717) is 41.5 Å². The second-order valence-corrected chi connectivity index (χ2v) is 9.92. The molecule has 36 heavy (non-hydrogen) atoms. The highest BCUT2D eigenvalue weighted by atomic mass is 16.5. The third-order valence-corrected chi connectivity index (χ3v) is 6.39. The number of Topliss-reactive ketones (excluding diaryl/α,β-unsaturated/α-hetero) is 1. The van der Waals surface area contributed by atoms with Gasteiger partial charge in [0.2, 0.25) is 5.95 Å². The minimum absolute atomic E-state index is 0.0620. The molecule has 1 aliphatic carbocycles. The number of ether oxygens (including phenoxy) is 2. The molecule has 0 unspecified atom stereocenters. The zero-order valence-electron chi connectivity index (χ0n) is 20.7. The van der Waals surface area contributed by atoms with Crippen molar-refractivity contribution in [3.63, 3.8) is 0 Å². The average Bonchev–Trinajstić information content (AvgIpc) is 3.30. The van der Waals surface area contributed by atoms with Gasteiger partial charge in [-0.1, -0.05) is 42.7 Å². The number of methoxy groups -OCH3 is 1. The van der Waals surface area contributed by atoms with Crippen molar-refractivity contribution in [1.29, 1.82) is 0 Å². The smallest absolute Gasteiger partial charge is 0.262 e. The molecular formula is C26H28N6O4. The fourth-order valence-corrected chi connectivity index (χ4v) is 4.73. The molecule has 2 aromatic carbocycles. The van der Waals surface area contributed by atoms with Crippen LogP contribution in [0.1, 0.15) is 43.9 Å². The number of hydrogen-bond donors (Lipinski definition) is 2. The number of carbonyl (C=O) groups is 2. The topological polar surface area (TPSA) is 120 Å². The summed E-state index contributed by atoms with van der Waals surface area (Å²) in [6.45, 7) is 5.95. The Morgan fingerprint density at radius 1 is 1.17 bits per heavy atom.